The summed E-state index contributed by atoms with van der Waals surface area (Å²) < 4.78 is 21.5. The van der Waals surface area contributed by atoms with Gasteiger partial charge >= 0.3 is 0 Å². The van der Waals surface area contributed by atoms with E-state index in [4.69, 9.17) is 4.11 Å². The molecule has 0 saturated carbocycles. The van der Waals surface area contributed by atoms with Crippen molar-refractivity contribution < 1.29 is 4.11 Å². The predicted molar refractivity (Wildman–Crippen MR) is 35.0 cm³/mol. The van der Waals surface area contributed by atoms with Crippen LogP contribution in [0, 0.1) is 0 Å². The highest BCUT2D eigenvalue weighted by Gasteiger charge is 2.00. The zero-order valence-corrected chi connectivity index (χ0v) is 4.98. The Morgan fingerprint density at radius 2 is 2.50 bits per heavy atom. The first kappa shape index (κ1) is 3.18. The molecule has 0 unspecified atom stereocenters. The first-order valence-corrected chi connectivity index (χ1v) is 3.06. The number of hydrogen-bond acceptors (Lipinski definition) is 2. The molecule has 1 fully saturated rings. The van der Waals surface area contributed by atoms with Gasteiger partial charge in [-0.15, -0.1) is 0 Å². The zero-order chi connectivity index (χ0) is 8.32. The van der Waals surface area contributed by atoms with Crippen molar-refractivity contribution in [1.82, 2.24) is 10.2 Å². The lowest BCUT2D eigenvalue weighted by atomic mass is 10.4. The number of nitrogens with one attached hydrogen (secondary N) is 1. The maximum atomic E-state index is 7.15. The van der Waals surface area contributed by atoms with Crippen LogP contribution in [-0.2, 0) is 0 Å². The number of rotatable bonds is 0. The summed E-state index contributed by atoms with van der Waals surface area (Å²) in [4.78, 5) is 1.55. The molecule has 1 rings (SSSR count). The van der Waals surface area contributed by atoms with E-state index in [0.29, 0.717) is 13.1 Å². The van der Waals surface area contributed by atoms with Gasteiger partial charge in [-0.05, 0) is 26.5 Å². The van der Waals surface area contributed by atoms with Crippen molar-refractivity contribution >= 4 is 0 Å². The lowest BCUT2D eigenvalue weighted by molar-refractivity contribution is 0.358. The molecule has 1 aliphatic heterocycles. The van der Waals surface area contributed by atoms with E-state index >= 15 is 0 Å². The minimum absolute atomic E-state index is 0.635. The Balaban J connectivity index is 2.43. The lowest BCUT2D eigenvalue weighted by Gasteiger charge is -2.09. The molecule has 0 aromatic rings. The predicted octanol–water partition coefficient (Wildman–Crippen LogP) is -0.0885. The molecule has 2 nitrogen and oxygen atoms in total. The van der Waals surface area contributed by atoms with Crippen molar-refractivity contribution in [1.29, 1.82) is 0 Å². The van der Waals surface area contributed by atoms with Gasteiger partial charge in [0.05, 0.1) is 0 Å². The maximum absolute atomic E-state index is 7.15. The second-order valence-corrected chi connectivity index (χ2v) is 2.09. The van der Waals surface area contributed by atoms with E-state index in [1.165, 1.54) is 0 Å². The van der Waals surface area contributed by atoms with Gasteiger partial charge in [0.25, 0.3) is 0 Å². The highest BCUT2D eigenvalue weighted by atomic mass is 15.1. The van der Waals surface area contributed by atoms with E-state index in [9.17, 15) is 0 Å². The van der Waals surface area contributed by atoms with Crippen molar-refractivity contribution in [3.8, 4) is 0 Å². The second kappa shape index (κ2) is 3.05. The normalized spacial score (nSPS) is 32.2. The van der Waals surface area contributed by atoms with Crippen LogP contribution >= 0.6 is 0 Å². The SMILES string of the molecule is [2H]C([2H])([2H])N1CCCNCC1. The minimum atomic E-state index is -1.90. The summed E-state index contributed by atoms with van der Waals surface area (Å²) in [6.07, 6.45) is 0.929. The van der Waals surface area contributed by atoms with Gasteiger partial charge in [0.2, 0.25) is 0 Å². The lowest BCUT2D eigenvalue weighted by Crippen LogP contribution is -2.23. The third-order valence-corrected chi connectivity index (χ3v) is 1.34. The highest BCUT2D eigenvalue weighted by molar-refractivity contribution is 4.60. The number of nitrogens with zero attached hydrogens (tertiary/aromatic N) is 1. The van der Waals surface area contributed by atoms with Gasteiger partial charge in [0.15, 0.2) is 0 Å². The van der Waals surface area contributed by atoms with E-state index in [2.05, 4.69) is 5.32 Å². The fourth-order valence-electron chi connectivity index (χ4n) is 0.846. The second-order valence-electron chi connectivity index (χ2n) is 2.09. The molecule has 0 aromatic heterocycles. The van der Waals surface area contributed by atoms with Crippen molar-refractivity contribution in [2.45, 2.75) is 6.42 Å². The van der Waals surface area contributed by atoms with Crippen LogP contribution in [0.1, 0.15) is 10.5 Å². The summed E-state index contributed by atoms with van der Waals surface area (Å²) in [6.45, 7) is 1.15. The summed E-state index contributed by atoms with van der Waals surface area (Å²) in [5, 5.41) is 3.16. The molecule has 1 N–H and O–H groups in total. The van der Waals surface area contributed by atoms with Crippen molar-refractivity contribution in [3.05, 3.63) is 0 Å². The minimum Gasteiger partial charge on any atom is -0.315 e. The van der Waals surface area contributed by atoms with Crippen molar-refractivity contribution in [2.75, 3.05) is 33.2 Å². The molecule has 0 aliphatic carbocycles. The Kier molecular flexibility index (Phi) is 1.21. The fourth-order valence-corrected chi connectivity index (χ4v) is 0.846. The Morgan fingerprint density at radius 1 is 1.50 bits per heavy atom. The molecular weight excluding hydrogens is 100 g/mol. The highest BCUT2D eigenvalue weighted by Crippen LogP contribution is 1.88. The molecular formula is C6H14N2. The molecule has 48 valence electrons. The van der Waals surface area contributed by atoms with Gasteiger partial charge in [-0.3, -0.25) is 0 Å². The van der Waals surface area contributed by atoms with E-state index in [-0.39, 0.29) is 0 Å². The Labute approximate surface area is 55.1 Å². The molecule has 1 heterocycles. The van der Waals surface area contributed by atoms with Crippen LogP contribution in [0.25, 0.3) is 0 Å². The van der Waals surface area contributed by atoms with Gasteiger partial charge < -0.3 is 10.2 Å². The number of likely N-dealkylation sites (N-methyl/N-ethyl adjacent to an activating group) is 1. The topological polar surface area (TPSA) is 15.3 Å². The average Bonchev–Trinajstić information content (AvgIpc) is 2.10. The van der Waals surface area contributed by atoms with Crippen LogP contribution in [0.4, 0.5) is 0 Å². The average molecular weight is 117 g/mol. The van der Waals surface area contributed by atoms with Crippen LogP contribution in [-0.4, -0.2) is 38.1 Å². The van der Waals surface area contributed by atoms with Crippen LogP contribution in [0.3, 0.4) is 0 Å². The number of hydrogen-bond donors (Lipinski definition) is 1. The van der Waals surface area contributed by atoms with Gasteiger partial charge in [-0.25, -0.2) is 0 Å². The molecule has 1 aliphatic rings. The van der Waals surface area contributed by atoms with E-state index in [0.717, 1.165) is 19.5 Å². The molecule has 0 amide bonds. The molecule has 2 heteroatoms. The Bertz CT molecular complexity index is 115. The van der Waals surface area contributed by atoms with E-state index < -0.39 is 6.98 Å². The maximum Gasteiger partial charge on any atom is 0.0394 e. The van der Waals surface area contributed by atoms with Crippen molar-refractivity contribution in [3.63, 3.8) is 0 Å². The zero-order valence-electron chi connectivity index (χ0n) is 7.98. The van der Waals surface area contributed by atoms with Crippen LogP contribution in [0.2, 0.25) is 0 Å². The van der Waals surface area contributed by atoms with Gasteiger partial charge in [0.1, 0.15) is 0 Å². The summed E-state index contributed by atoms with van der Waals surface area (Å²) in [5.74, 6) is 0. The summed E-state index contributed by atoms with van der Waals surface area (Å²) >= 11 is 0. The molecule has 0 radical (unpaired) electrons. The Morgan fingerprint density at radius 3 is 3.38 bits per heavy atom. The van der Waals surface area contributed by atoms with Gasteiger partial charge in [-0.1, -0.05) is 0 Å². The molecule has 0 bridgehead atoms. The van der Waals surface area contributed by atoms with Gasteiger partial charge in [-0.2, -0.15) is 0 Å². The van der Waals surface area contributed by atoms with Crippen molar-refractivity contribution in [2.24, 2.45) is 0 Å². The van der Waals surface area contributed by atoms with E-state index in [1.807, 2.05) is 0 Å². The van der Waals surface area contributed by atoms with Crippen LogP contribution in [0.15, 0.2) is 0 Å². The molecule has 0 aromatic carbocycles. The Hall–Kier alpha value is -0.0800. The summed E-state index contributed by atoms with van der Waals surface area (Å²) in [6, 6.07) is 0. The molecule has 8 heavy (non-hydrogen) atoms. The molecule has 0 spiro atoms. The van der Waals surface area contributed by atoms with E-state index in [1.54, 1.807) is 4.90 Å². The third kappa shape index (κ3) is 1.80. The largest absolute Gasteiger partial charge is 0.315 e. The third-order valence-electron chi connectivity index (χ3n) is 1.34. The quantitative estimate of drug-likeness (QED) is 0.477. The van der Waals surface area contributed by atoms with Crippen LogP contribution < -0.4 is 5.32 Å². The van der Waals surface area contributed by atoms with Gasteiger partial charge in [0, 0.05) is 17.2 Å². The fraction of sp³-hybridized carbons (Fsp3) is 1.00. The first-order valence-electron chi connectivity index (χ1n) is 4.56. The molecule has 0 atom stereocenters. The standard InChI is InChI=1S/C6H14N2/c1-8-5-2-3-7-4-6-8/h7H,2-6H2,1H3/i1D3. The summed E-state index contributed by atoms with van der Waals surface area (Å²) in [7, 11) is 0. The smallest absolute Gasteiger partial charge is 0.0394 e. The molecule has 1 saturated heterocycles. The first-order chi connectivity index (χ1) is 5.11. The summed E-state index contributed by atoms with van der Waals surface area (Å²) in [5.41, 5.74) is 0. The monoisotopic (exact) mass is 117 g/mol. The van der Waals surface area contributed by atoms with Crippen LogP contribution in [0.5, 0.6) is 0 Å².